The highest BCUT2D eigenvalue weighted by molar-refractivity contribution is 7.10. The molecule has 2 aromatic rings. The maximum atomic E-state index is 12.0. The molecule has 2 rings (SSSR count). The highest BCUT2D eigenvalue weighted by atomic mass is 32.1. The summed E-state index contributed by atoms with van der Waals surface area (Å²) in [6.45, 7) is 3.81. The second kappa shape index (κ2) is 5.60. The first kappa shape index (κ1) is 13.2. The molecule has 4 nitrogen and oxygen atoms in total. The number of nitrogens with zero attached hydrogens (tertiary/aromatic N) is 1. The standard InChI is InChI=1S/C12H15N3OS2/c1-7(13)12-15-10(6-18-12)11(16)14-8(2)9-3-4-17-5-9/h3-8H,13H2,1-2H3,(H,14,16). The lowest BCUT2D eigenvalue weighted by molar-refractivity contribution is 0.0935. The predicted molar refractivity (Wildman–Crippen MR) is 74.9 cm³/mol. The van der Waals surface area contributed by atoms with E-state index in [9.17, 15) is 4.79 Å². The molecule has 3 N–H and O–H groups in total. The van der Waals surface area contributed by atoms with Gasteiger partial charge in [-0.05, 0) is 36.2 Å². The minimum Gasteiger partial charge on any atom is -0.344 e. The van der Waals surface area contributed by atoms with Crippen molar-refractivity contribution in [1.29, 1.82) is 0 Å². The average molecular weight is 281 g/mol. The van der Waals surface area contributed by atoms with Gasteiger partial charge in [-0.2, -0.15) is 11.3 Å². The maximum Gasteiger partial charge on any atom is 0.271 e. The zero-order valence-corrected chi connectivity index (χ0v) is 11.8. The van der Waals surface area contributed by atoms with Crippen molar-refractivity contribution in [2.45, 2.75) is 25.9 Å². The van der Waals surface area contributed by atoms with Crippen LogP contribution in [0.5, 0.6) is 0 Å². The Hall–Kier alpha value is -1.24. The molecular formula is C12H15N3OS2. The third-order valence-electron chi connectivity index (χ3n) is 2.53. The first-order valence-corrected chi connectivity index (χ1v) is 7.44. The van der Waals surface area contributed by atoms with Gasteiger partial charge in [0.25, 0.3) is 5.91 Å². The van der Waals surface area contributed by atoms with Gasteiger partial charge in [-0.1, -0.05) is 0 Å². The van der Waals surface area contributed by atoms with Crippen LogP contribution in [0.1, 0.15) is 47.0 Å². The second-order valence-electron chi connectivity index (χ2n) is 4.11. The molecule has 0 saturated heterocycles. The lowest BCUT2D eigenvalue weighted by atomic mass is 10.2. The lowest BCUT2D eigenvalue weighted by Gasteiger charge is -2.11. The lowest BCUT2D eigenvalue weighted by Crippen LogP contribution is -2.26. The van der Waals surface area contributed by atoms with Gasteiger partial charge in [0, 0.05) is 5.38 Å². The van der Waals surface area contributed by atoms with Crippen LogP contribution in [0.4, 0.5) is 0 Å². The molecule has 18 heavy (non-hydrogen) atoms. The zero-order chi connectivity index (χ0) is 13.1. The fraction of sp³-hybridized carbons (Fsp3) is 0.333. The Morgan fingerprint density at radius 2 is 2.22 bits per heavy atom. The molecule has 0 radical (unpaired) electrons. The first-order chi connectivity index (χ1) is 8.58. The summed E-state index contributed by atoms with van der Waals surface area (Å²) in [6, 6.07) is 1.86. The molecule has 6 heteroatoms. The third-order valence-corrected chi connectivity index (χ3v) is 4.28. The Kier molecular flexibility index (Phi) is 4.11. The van der Waals surface area contributed by atoms with Gasteiger partial charge in [0.15, 0.2) is 0 Å². The van der Waals surface area contributed by atoms with Crippen LogP contribution in [0.3, 0.4) is 0 Å². The van der Waals surface area contributed by atoms with Gasteiger partial charge in [-0.3, -0.25) is 4.79 Å². The molecule has 2 aromatic heterocycles. The Labute approximate surface area is 114 Å². The van der Waals surface area contributed by atoms with Crippen LogP contribution >= 0.6 is 22.7 Å². The van der Waals surface area contributed by atoms with E-state index in [4.69, 9.17) is 5.73 Å². The Bertz CT molecular complexity index is 519. The molecule has 0 aliphatic carbocycles. The normalized spacial score (nSPS) is 14.2. The van der Waals surface area contributed by atoms with E-state index >= 15 is 0 Å². The number of rotatable bonds is 4. The van der Waals surface area contributed by atoms with Crippen molar-refractivity contribution in [2.24, 2.45) is 5.73 Å². The molecule has 2 unspecified atom stereocenters. The smallest absolute Gasteiger partial charge is 0.271 e. The topological polar surface area (TPSA) is 68.0 Å². The van der Waals surface area contributed by atoms with Gasteiger partial charge in [-0.25, -0.2) is 4.98 Å². The van der Waals surface area contributed by atoms with Crippen molar-refractivity contribution in [2.75, 3.05) is 0 Å². The van der Waals surface area contributed by atoms with E-state index in [-0.39, 0.29) is 18.0 Å². The number of carbonyl (C=O) groups excluding carboxylic acids is 1. The minimum absolute atomic E-state index is 0.0100. The van der Waals surface area contributed by atoms with Gasteiger partial charge in [-0.15, -0.1) is 11.3 Å². The van der Waals surface area contributed by atoms with E-state index in [0.29, 0.717) is 5.69 Å². The number of nitrogens with one attached hydrogen (secondary N) is 1. The second-order valence-corrected chi connectivity index (χ2v) is 5.78. The minimum atomic E-state index is -0.156. The highest BCUT2D eigenvalue weighted by Crippen LogP contribution is 2.18. The number of thiazole rings is 1. The molecule has 96 valence electrons. The van der Waals surface area contributed by atoms with Crippen molar-refractivity contribution in [3.05, 3.63) is 38.5 Å². The van der Waals surface area contributed by atoms with Crippen LogP contribution in [0.25, 0.3) is 0 Å². The predicted octanol–water partition coefficient (Wildman–Crippen LogP) is 2.72. The van der Waals surface area contributed by atoms with E-state index in [2.05, 4.69) is 10.3 Å². The number of carbonyl (C=O) groups is 1. The fourth-order valence-electron chi connectivity index (χ4n) is 1.48. The summed E-state index contributed by atoms with van der Waals surface area (Å²) in [4.78, 5) is 16.2. The third kappa shape index (κ3) is 2.95. The van der Waals surface area contributed by atoms with E-state index in [1.807, 2.05) is 30.7 Å². The first-order valence-electron chi connectivity index (χ1n) is 5.62. The Balaban J connectivity index is 2.03. The number of aromatic nitrogens is 1. The van der Waals surface area contributed by atoms with Crippen molar-refractivity contribution in [3.63, 3.8) is 0 Å². The highest BCUT2D eigenvalue weighted by Gasteiger charge is 2.15. The molecule has 0 aliphatic heterocycles. The van der Waals surface area contributed by atoms with Gasteiger partial charge in [0.1, 0.15) is 10.7 Å². The quantitative estimate of drug-likeness (QED) is 0.905. The van der Waals surface area contributed by atoms with Gasteiger partial charge >= 0.3 is 0 Å². The van der Waals surface area contributed by atoms with E-state index in [1.165, 1.54) is 11.3 Å². The number of hydrogen-bond acceptors (Lipinski definition) is 5. The van der Waals surface area contributed by atoms with Crippen LogP contribution in [-0.2, 0) is 0 Å². The van der Waals surface area contributed by atoms with Crippen molar-refractivity contribution in [3.8, 4) is 0 Å². The fourth-order valence-corrected chi connectivity index (χ4v) is 2.99. The van der Waals surface area contributed by atoms with Gasteiger partial charge in [0.05, 0.1) is 12.1 Å². The molecule has 2 atom stereocenters. The molecule has 0 fully saturated rings. The average Bonchev–Trinajstić information content (AvgIpc) is 3.00. The van der Waals surface area contributed by atoms with Crippen LogP contribution in [0.2, 0.25) is 0 Å². The van der Waals surface area contributed by atoms with E-state index in [0.717, 1.165) is 10.6 Å². The van der Waals surface area contributed by atoms with E-state index < -0.39 is 0 Å². The molecule has 1 amide bonds. The molecule has 0 spiro atoms. The van der Waals surface area contributed by atoms with Crippen molar-refractivity contribution >= 4 is 28.6 Å². The van der Waals surface area contributed by atoms with Crippen molar-refractivity contribution in [1.82, 2.24) is 10.3 Å². The molecular weight excluding hydrogens is 266 g/mol. The van der Waals surface area contributed by atoms with Crippen LogP contribution < -0.4 is 11.1 Å². The molecule has 0 aliphatic rings. The maximum absolute atomic E-state index is 12.0. The largest absolute Gasteiger partial charge is 0.344 e. The summed E-state index contributed by atoms with van der Waals surface area (Å²) < 4.78 is 0. The summed E-state index contributed by atoms with van der Waals surface area (Å²) in [5.41, 5.74) is 7.27. The summed E-state index contributed by atoms with van der Waals surface area (Å²) in [5, 5.41) is 9.47. The van der Waals surface area contributed by atoms with Crippen LogP contribution in [0.15, 0.2) is 22.2 Å². The number of thiophene rings is 1. The SMILES string of the molecule is CC(N)c1nc(C(=O)NC(C)c2ccsc2)cs1. The zero-order valence-electron chi connectivity index (χ0n) is 10.2. The Morgan fingerprint density at radius 1 is 1.44 bits per heavy atom. The number of hydrogen-bond donors (Lipinski definition) is 2. The van der Waals surface area contributed by atoms with E-state index in [1.54, 1.807) is 16.7 Å². The molecule has 0 saturated carbocycles. The Morgan fingerprint density at radius 3 is 2.78 bits per heavy atom. The molecule has 0 bridgehead atoms. The number of nitrogens with two attached hydrogens (primary N) is 1. The molecule has 0 aromatic carbocycles. The molecule has 2 heterocycles. The summed E-state index contributed by atoms with van der Waals surface area (Å²) in [7, 11) is 0. The summed E-state index contributed by atoms with van der Waals surface area (Å²) in [6.07, 6.45) is 0. The number of amides is 1. The summed E-state index contributed by atoms with van der Waals surface area (Å²) >= 11 is 3.03. The van der Waals surface area contributed by atoms with Gasteiger partial charge in [0.2, 0.25) is 0 Å². The van der Waals surface area contributed by atoms with Crippen molar-refractivity contribution < 1.29 is 4.79 Å². The van der Waals surface area contributed by atoms with Gasteiger partial charge < -0.3 is 11.1 Å². The van der Waals surface area contributed by atoms with Crippen LogP contribution in [0, 0.1) is 0 Å². The monoisotopic (exact) mass is 281 g/mol. The summed E-state index contributed by atoms with van der Waals surface area (Å²) in [5.74, 6) is -0.156. The van der Waals surface area contributed by atoms with Crippen LogP contribution in [-0.4, -0.2) is 10.9 Å².